The summed E-state index contributed by atoms with van der Waals surface area (Å²) in [6.45, 7) is 5.00. The van der Waals surface area contributed by atoms with E-state index in [1.807, 2.05) is 30.0 Å². The molecule has 1 aromatic carbocycles. The van der Waals surface area contributed by atoms with Gasteiger partial charge < -0.3 is 19.3 Å². The second-order valence-electron chi connectivity index (χ2n) is 7.13. The van der Waals surface area contributed by atoms with Crippen LogP contribution in [0.25, 0.3) is 0 Å². The number of amides is 2. The van der Waals surface area contributed by atoms with E-state index >= 15 is 0 Å². The van der Waals surface area contributed by atoms with Crippen LogP contribution in [0.3, 0.4) is 0 Å². The molecule has 0 bridgehead atoms. The minimum atomic E-state index is -0.0419. The second kappa shape index (κ2) is 8.43. The van der Waals surface area contributed by atoms with Crippen LogP contribution in [0, 0.1) is 12.8 Å². The number of hydrogen-bond acceptors (Lipinski definition) is 4. The minimum absolute atomic E-state index is 0.00976. The van der Waals surface area contributed by atoms with Gasteiger partial charge in [0.15, 0.2) is 18.1 Å². The molecule has 2 amide bonds. The lowest BCUT2D eigenvalue weighted by Gasteiger charge is -2.33. The van der Waals surface area contributed by atoms with Crippen molar-refractivity contribution in [2.45, 2.75) is 32.6 Å². The van der Waals surface area contributed by atoms with Gasteiger partial charge in [-0.25, -0.2) is 0 Å². The molecule has 6 nitrogen and oxygen atoms in total. The van der Waals surface area contributed by atoms with Crippen molar-refractivity contribution in [2.75, 3.05) is 39.9 Å². The molecular formula is C20H28N2O4. The smallest absolute Gasteiger partial charge is 0.260 e. The summed E-state index contributed by atoms with van der Waals surface area (Å²) >= 11 is 0. The van der Waals surface area contributed by atoms with Gasteiger partial charge in [-0.05, 0) is 50.3 Å². The van der Waals surface area contributed by atoms with Crippen molar-refractivity contribution >= 4 is 11.8 Å². The van der Waals surface area contributed by atoms with Crippen molar-refractivity contribution in [3.8, 4) is 11.5 Å². The number of methoxy groups -OCH3 is 1. The predicted octanol–water partition coefficient (Wildman–Crippen LogP) is 2.24. The first kappa shape index (κ1) is 18.5. The molecule has 2 aliphatic heterocycles. The van der Waals surface area contributed by atoms with Crippen LogP contribution < -0.4 is 9.47 Å². The fourth-order valence-corrected chi connectivity index (χ4v) is 3.70. The molecule has 0 aliphatic carbocycles. The standard InChI is InChI=1S/C20H28N2O4/c1-15-5-6-17(18(13-15)25-2)26-14-19(23)21-11-7-16(8-12-21)20(24)22-9-3-4-10-22/h5-6,13,16H,3-4,7-12,14H2,1-2H3. The average molecular weight is 360 g/mol. The number of benzene rings is 1. The molecule has 2 heterocycles. The summed E-state index contributed by atoms with van der Waals surface area (Å²) < 4.78 is 11.0. The third kappa shape index (κ3) is 4.29. The second-order valence-corrected chi connectivity index (χ2v) is 7.13. The number of piperidine rings is 1. The van der Waals surface area contributed by atoms with Crippen molar-refractivity contribution in [2.24, 2.45) is 5.92 Å². The first-order valence-electron chi connectivity index (χ1n) is 9.42. The summed E-state index contributed by atoms with van der Waals surface area (Å²) in [7, 11) is 1.59. The molecule has 6 heteroatoms. The Labute approximate surface area is 155 Å². The highest BCUT2D eigenvalue weighted by Crippen LogP contribution is 2.28. The Morgan fingerprint density at radius 1 is 1.04 bits per heavy atom. The molecular weight excluding hydrogens is 332 g/mol. The van der Waals surface area contributed by atoms with Crippen molar-refractivity contribution < 1.29 is 19.1 Å². The predicted molar refractivity (Wildman–Crippen MR) is 98.3 cm³/mol. The molecule has 142 valence electrons. The van der Waals surface area contributed by atoms with E-state index in [2.05, 4.69) is 0 Å². The largest absolute Gasteiger partial charge is 0.493 e. The highest BCUT2D eigenvalue weighted by atomic mass is 16.5. The van der Waals surface area contributed by atoms with Crippen LogP contribution in [0.4, 0.5) is 0 Å². The van der Waals surface area contributed by atoms with Crippen molar-refractivity contribution in [3.05, 3.63) is 23.8 Å². The minimum Gasteiger partial charge on any atom is -0.493 e. The molecule has 1 aromatic rings. The molecule has 2 saturated heterocycles. The zero-order valence-electron chi connectivity index (χ0n) is 15.7. The van der Waals surface area contributed by atoms with Crippen LogP contribution in [0.1, 0.15) is 31.2 Å². The molecule has 0 saturated carbocycles. The van der Waals surface area contributed by atoms with Gasteiger partial charge in [0.2, 0.25) is 5.91 Å². The first-order valence-corrected chi connectivity index (χ1v) is 9.42. The molecule has 26 heavy (non-hydrogen) atoms. The Bertz CT molecular complexity index is 647. The maximum atomic E-state index is 12.5. The number of ether oxygens (including phenoxy) is 2. The number of carbonyl (C=O) groups excluding carboxylic acids is 2. The van der Waals surface area contributed by atoms with Crippen LogP contribution in [-0.2, 0) is 9.59 Å². The van der Waals surface area contributed by atoms with Crippen molar-refractivity contribution in [1.29, 1.82) is 0 Å². The lowest BCUT2D eigenvalue weighted by molar-refractivity contribution is -0.140. The summed E-state index contributed by atoms with van der Waals surface area (Å²) in [5.74, 6) is 1.50. The van der Waals surface area contributed by atoms with Crippen LogP contribution in [0.5, 0.6) is 11.5 Å². The molecule has 0 unspecified atom stereocenters. The fourth-order valence-electron chi connectivity index (χ4n) is 3.70. The number of rotatable bonds is 5. The number of nitrogens with zero attached hydrogens (tertiary/aromatic N) is 2. The van der Waals surface area contributed by atoms with E-state index in [1.54, 1.807) is 12.0 Å². The molecule has 2 fully saturated rings. The third-order valence-electron chi connectivity index (χ3n) is 5.28. The van der Waals surface area contributed by atoms with Crippen molar-refractivity contribution in [3.63, 3.8) is 0 Å². The fraction of sp³-hybridized carbons (Fsp3) is 0.600. The van der Waals surface area contributed by atoms with E-state index in [9.17, 15) is 9.59 Å². The van der Waals surface area contributed by atoms with E-state index < -0.39 is 0 Å². The van der Waals surface area contributed by atoms with Crippen LogP contribution >= 0.6 is 0 Å². The molecule has 0 spiro atoms. The van der Waals surface area contributed by atoms with Gasteiger partial charge in [-0.2, -0.15) is 0 Å². The van der Waals surface area contributed by atoms with Crippen LogP contribution in [0.2, 0.25) is 0 Å². The summed E-state index contributed by atoms with van der Waals surface area (Å²) in [4.78, 5) is 28.7. The van der Waals surface area contributed by atoms with E-state index in [0.29, 0.717) is 24.6 Å². The molecule has 0 N–H and O–H groups in total. The van der Waals surface area contributed by atoms with E-state index in [1.165, 1.54) is 0 Å². The zero-order valence-corrected chi connectivity index (χ0v) is 15.7. The molecule has 0 atom stereocenters. The Kier molecular flexibility index (Phi) is 6.01. The van der Waals surface area contributed by atoms with Gasteiger partial charge in [-0.1, -0.05) is 6.07 Å². The van der Waals surface area contributed by atoms with Crippen molar-refractivity contribution in [1.82, 2.24) is 9.80 Å². The van der Waals surface area contributed by atoms with E-state index in [-0.39, 0.29) is 24.3 Å². The maximum Gasteiger partial charge on any atom is 0.260 e. The van der Waals surface area contributed by atoms with Gasteiger partial charge in [-0.3, -0.25) is 9.59 Å². The van der Waals surface area contributed by atoms with Gasteiger partial charge in [0.25, 0.3) is 5.91 Å². The van der Waals surface area contributed by atoms with Gasteiger partial charge in [0.05, 0.1) is 7.11 Å². The summed E-state index contributed by atoms with van der Waals surface area (Å²) in [5, 5.41) is 0. The quantitative estimate of drug-likeness (QED) is 0.808. The molecule has 0 aromatic heterocycles. The summed E-state index contributed by atoms with van der Waals surface area (Å²) in [5.41, 5.74) is 1.07. The first-order chi connectivity index (χ1) is 12.6. The lowest BCUT2D eigenvalue weighted by Crippen LogP contribution is -2.45. The Hall–Kier alpha value is -2.24. The third-order valence-corrected chi connectivity index (χ3v) is 5.28. The highest BCUT2D eigenvalue weighted by Gasteiger charge is 2.31. The number of carbonyl (C=O) groups is 2. The number of likely N-dealkylation sites (tertiary alicyclic amines) is 2. The normalized spacial score (nSPS) is 18.1. The number of hydrogen-bond donors (Lipinski definition) is 0. The van der Waals surface area contributed by atoms with Gasteiger partial charge in [0, 0.05) is 32.1 Å². The van der Waals surface area contributed by atoms with Gasteiger partial charge in [0.1, 0.15) is 0 Å². The molecule has 2 aliphatic rings. The molecule has 0 radical (unpaired) electrons. The average Bonchev–Trinajstić information content (AvgIpc) is 3.21. The maximum absolute atomic E-state index is 12.5. The SMILES string of the molecule is COc1cc(C)ccc1OCC(=O)N1CCC(C(=O)N2CCCC2)CC1. The Morgan fingerprint density at radius 2 is 1.73 bits per heavy atom. The Morgan fingerprint density at radius 3 is 2.38 bits per heavy atom. The topological polar surface area (TPSA) is 59.1 Å². The lowest BCUT2D eigenvalue weighted by atomic mass is 9.95. The number of aryl methyl sites for hydroxylation is 1. The zero-order chi connectivity index (χ0) is 18.5. The van der Waals surface area contributed by atoms with Crippen LogP contribution in [-0.4, -0.2) is 61.5 Å². The highest BCUT2D eigenvalue weighted by molar-refractivity contribution is 5.81. The van der Waals surface area contributed by atoms with E-state index in [4.69, 9.17) is 9.47 Å². The summed E-state index contributed by atoms with van der Waals surface area (Å²) in [6.07, 6.45) is 3.72. The Balaban J connectivity index is 1.47. The van der Waals surface area contributed by atoms with E-state index in [0.717, 1.165) is 44.3 Å². The van der Waals surface area contributed by atoms with Crippen LogP contribution in [0.15, 0.2) is 18.2 Å². The summed E-state index contributed by atoms with van der Waals surface area (Å²) in [6, 6.07) is 5.63. The monoisotopic (exact) mass is 360 g/mol. The van der Waals surface area contributed by atoms with Gasteiger partial charge >= 0.3 is 0 Å². The van der Waals surface area contributed by atoms with Gasteiger partial charge in [-0.15, -0.1) is 0 Å². The molecule has 3 rings (SSSR count).